The summed E-state index contributed by atoms with van der Waals surface area (Å²) in [4.78, 5) is 10.2. The summed E-state index contributed by atoms with van der Waals surface area (Å²) in [5, 5.41) is 17.4. The fraction of sp³-hybridized carbons (Fsp3) is 0.167. The molecule has 9 heteroatoms. The molecule has 1 heterocycles. The molecular weight excluding hydrogens is 314 g/mol. The number of hydrogen-bond acceptors (Lipinski definition) is 6. The Kier molecular flexibility index (Phi) is 4.43. The molecule has 0 atom stereocenters. The summed E-state index contributed by atoms with van der Waals surface area (Å²) in [5.41, 5.74) is 0.0981. The van der Waals surface area contributed by atoms with Crippen LogP contribution >= 0.6 is 11.3 Å². The molecule has 21 heavy (non-hydrogen) atoms. The molecule has 7 nitrogen and oxygen atoms in total. The summed E-state index contributed by atoms with van der Waals surface area (Å²) in [6, 6.07) is 5.74. The first kappa shape index (κ1) is 15.3. The molecule has 112 valence electrons. The number of nitrogens with zero attached hydrogens (tertiary/aromatic N) is 1. The van der Waals surface area contributed by atoms with Gasteiger partial charge in [0.15, 0.2) is 4.90 Å². The van der Waals surface area contributed by atoms with Gasteiger partial charge in [-0.15, -0.1) is 0 Å². The minimum absolute atomic E-state index is 0.177. The number of rotatable bonds is 6. The molecule has 2 rings (SSSR count). The van der Waals surface area contributed by atoms with Crippen molar-refractivity contribution in [2.75, 3.05) is 16.6 Å². The van der Waals surface area contributed by atoms with Crippen LogP contribution in [0.5, 0.6) is 0 Å². The van der Waals surface area contributed by atoms with Crippen LogP contribution in [0.3, 0.4) is 0 Å². The maximum absolute atomic E-state index is 12.3. The third-order valence-corrected chi connectivity index (χ3v) is 4.71. The molecule has 0 radical (unpaired) electrons. The van der Waals surface area contributed by atoms with Crippen molar-refractivity contribution in [2.45, 2.75) is 11.8 Å². The molecule has 0 spiro atoms. The minimum Gasteiger partial charge on any atom is -0.380 e. The highest BCUT2D eigenvalue weighted by molar-refractivity contribution is 7.92. The number of thiophene rings is 1. The van der Waals surface area contributed by atoms with Crippen molar-refractivity contribution in [1.82, 2.24) is 0 Å². The smallest absolute Gasteiger partial charge is 0.312 e. The van der Waals surface area contributed by atoms with Gasteiger partial charge in [0.1, 0.15) is 5.69 Å². The lowest BCUT2D eigenvalue weighted by molar-refractivity contribution is -0.386. The first-order valence-corrected chi connectivity index (χ1v) is 8.44. The number of para-hydroxylation sites is 1. The maximum Gasteiger partial charge on any atom is 0.312 e. The fourth-order valence-corrected chi connectivity index (χ4v) is 3.70. The second-order valence-electron chi connectivity index (χ2n) is 4.06. The van der Waals surface area contributed by atoms with Gasteiger partial charge in [-0.3, -0.25) is 14.8 Å². The molecule has 1 aromatic heterocycles. The Morgan fingerprint density at radius 3 is 2.67 bits per heavy atom. The van der Waals surface area contributed by atoms with Gasteiger partial charge in [0.05, 0.1) is 10.6 Å². The molecule has 0 fully saturated rings. The first-order chi connectivity index (χ1) is 9.95. The van der Waals surface area contributed by atoms with Gasteiger partial charge >= 0.3 is 5.69 Å². The fourth-order valence-electron chi connectivity index (χ4n) is 1.79. The number of sulfonamides is 1. The van der Waals surface area contributed by atoms with Crippen LogP contribution in [0.1, 0.15) is 6.92 Å². The molecule has 2 aromatic rings. The Morgan fingerprint density at radius 2 is 2.10 bits per heavy atom. The van der Waals surface area contributed by atoms with Crippen molar-refractivity contribution in [1.29, 1.82) is 0 Å². The van der Waals surface area contributed by atoms with Gasteiger partial charge in [0.2, 0.25) is 0 Å². The Hall–Kier alpha value is -2.13. The Morgan fingerprint density at radius 1 is 1.33 bits per heavy atom. The van der Waals surface area contributed by atoms with E-state index in [1.165, 1.54) is 29.5 Å². The molecule has 0 aliphatic rings. The van der Waals surface area contributed by atoms with E-state index in [0.717, 1.165) is 0 Å². The van der Waals surface area contributed by atoms with E-state index < -0.39 is 20.6 Å². The van der Waals surface area contributed by atoms with Crippen LogP contribution in [0.4, 0.5) is 17.1 Å². The van der Waals surface area contributed by atoms with Crippen molar-refractivity contribution in [3.8, 4) is 0 Å². The van der Waals surface area contributed by atoms with Crippen molar-refractivity contribution in [3.05, 3.63) is 45.1 Å². The predicted octanol–water partition coefficient (Wildman–Crippen LogP) is 2.89. The molecule has 0 saturated carbocycles. The zero-order valence-corrected chi connectivity index (χ0v) is 12.7. The van der Waals surface area contributed by atoms with Crippen LogP contribution in [0.25, 0.3) is 0 Å². The normalized spacial score (nSPS) is 11.1. The number of benzene rings is 1. The number of anilines is 2. The monoisotopic (exact) mass is 327 g/mol. The van der Waals surface area contributed by atoms with Crippen LogP contribution in [0.2, 0.25) is 0 Å². The van der Waals surface area contributed by atoms with Crippen molar-refractivity contribution in [2.24, 2.45) is 0 Å². The number of nitrogens with one attached hydrogen (secondary N) is 2. The molecule has 0 bridgehead atoms. The average Bonchev–Trinajstić information content (AvgIpc) is 2.90. The molecule has 0 amide bonds. The van der Waals surface area contributed by atoms with Crippen molar-refractivity contribution in [3.63, 3.8) is 0 Å². The standard InChI is InChI=1S/C12H13N3O4S2/c1-2-13-10-4-3-5-11(12(10)15(16)17)21(18,19)14-9-6-7-20-8-9/h3-8,13-14H,2H2,1H3. The molecule has 1 aromatic carbocycles. The lowest BCUT2D eigenvalue weighted by Crippen LogP contribution is -2.15. The quantitative estimate of drug-likeness (QED) is 0.627. The van der Waals surface area contributed by atoms with Gasteiger partial charge in [-0.05, 0) is 30.5 Å². The topological polar surface area (TPSA) is 101 Å². The van der Waals surface area contributed by atoms with E-state index in [9.17, 15) is 18.5 Å². The van der Waals surface area contributed by atoms with Gasteiger partial charge in [-0.2, -0.15) is 11.3 Å². The van der Waals surface area contributed by atoms with Crippen LogP contribution in [0, 0.1) is 10.1 Å². The Bertz CT molecular complexity index is 742. The third-order valence-electron chi connectivity index (χ3n) is 2.61. The van der Waals surface area contributed by atoms with Crippen LogP contribution in [-0.4, -0.2) is 19.9 Å². The largest absolute Gasteiger partial charge is 0.380 e. The highest BCUT2D eigenvalue weighted by atomic mass is 32.2. The first-order valence-electron chi connectivity index (χ1n) is 6.02. The molecule has 0 aliphatic heterocycles. The van der Waals surface area contributed by atoms with Crippen LogP contribution in [-0.2, 0) is 10.0 Å². The lowest BCUT2D eigenvalue weighted by Gasteiger charge is -2.10. The lowest BCUT2D eigenvalue weighted by atomic mass is 10.2. The zero-order chi connectivity index (χ0) is 15.5. The van der Waals surface area contributed by atoms with Crippen LogP contribution in [0.15, 0.2) is 39.9 Å². The van der Waals surface area contributed by atoms with Crippen LogP contribution < -0.4 is 10.0 Å². The van der Waals surface area contributed by atoms with Gasteiger partial charge in [0, 0.05) is 11.9 Å². The number of hydrogen-bond donors (Lipinski definition) is 2. The molecule has 0 saturated heterocycles. The molecule has 0 aliphatic carbocycles. The highest BCUT2D eigenvalue weighted by Gasteiger charge is 2.29. The molecule has 2 N–H and O–H groups in total. The summed E-state index contributed by atoms with van der Waals surface area (Å²) in [5.74, 6) is 0. The van der Waals surface area contributed by atoms with Crippen molar-refractivity contribution < 1.29 is 13.3 Å². The SMILES string of the molecule is CCNc1cccc(S(=O)(=O)Nc2ccsc2)c1[N+](=O)[O-]. The summed E-state index contributed by atoms with van der Waals surface area (Å²) in [6.45, 7) is 2.22. The van der Waals surface area contributed by atoms with Gasteiger partial charge < -0.3 is 5.32 Å². The van der Waals surface area contributed by atoms with E-state index in [1.807, 2.05) is 0 Å². The highest BCUT2D eigenvalue weighted by Crippen LogP contribution is 2.33. The summed E-state index contributed by atoms with van der Waals surface area (Å²) < 4.78 is 27.0. The second kappa shape index (κ2) is 6.10. The molecular formula is C12H13N3O4S2. The Labute approximate surface area is 125 Å². The second-order valence-corrected chi connectivity index (χ2v) is 6.49. The third kappa shape index (κ3) is 3.31. The van der Waals surface area contributed by atoms with E-state index in [4.69, 9.17) is 0 Å². The number of nitro benzene ring substituents is 1. The zero-order valence-electron chi connectivity index (χ0n) is 11.1. The van der Waals surface area contributed by atoms with E-state index in [0.29, 0.717) is 12.2 Å². The van der Waals surface area contributed by atoms with Gasteiger partial charge in [-0.25, -0.2) is 8.42 Å². The summed E-state index contributed by atoms with van der Waals surface area (Å²) in [7, 11) is -4.02. The number of nitro groups is 1. The predicted molar refractivity (Wildman–Crippen MR) is 82.4 cm³/mol. The Balaban J connectivity index is 2.52. The van der Waals surface area contributed by atoms with E-state index >= 15 is 0 Å². The average molecular weight is 327 g/mol. The maximum atomic E-state index is 12.3. The van der Waals surface area contributed by atoms with E-state index in [-0.39, 0.29) is 10.6 Å². The minimum atomic E-state index is -4.02. The van der Waals surface area contributed by atoms with E-state index in [1.54, 1.807) is 23.8 Å². The molecule has 0 unspecified atom stereocenters. The van der Waals surface area contributed by atoms with Crippen molar-refractivity contribution >= 4 is 38.4 Å². The summed E-state index contributed by atoms with van der Waals surface area (Å²) in [6.07, 6.45) is 0. The van der Waals surface area contributed by atoms with Gasteiger partial charge in [0.25, 0.3) is 10.0 Å². The van der Waals surface area contributed by atoms with E-state index in [2.05, 4.69) is 10.0 Å². The van der Waals surface area contributed by atoms with Gasteiger partial charge in [-0.1, -0.05) is 6.07 Å². The summed E-state index contributed by atoms with van der Waals surface area (Å²) >= 11 is 1.32.